The normalized spacial score (nSPS) is 25.4. The van der Waals surface area contributed by atoms with E-state index in [1.54, 1.807) is 0 Å². The lowest BCUT2D eigenvalue weighted by molar-refractivity contribution is 0.256. The number of likely N-dealkylation sites (N-methyl/N-ethyl adjacent to an activating group) is 1. The maximum Gasteiger partial charge on any atom is 0.0539 e. The molecule has 1 aromatic carbocycles. The summed E-state index contributed by atoms with van der Waals surface area (Å²) in [7, 11) is 2.20. The zero-order chi connectivity index (χ0) is 14.0. The molecule has 4 heteroatoms. The van der Waals surface area contributed by atoms with Crippen molar-refractivity contribution in [2.45, 2.75) is 32.4 Å². The molecule has 1 saturated heterocycles. The Morgan fingerprint density at radius 2 is 2.16 bits per heavy atom. The second-order valence-electron chi connectivity index (χ2n) is 5.59. The highest BCUT2D eigenvalue weighted by molar-refractivity contribution is 9.10. The first-order valence-corrected chi connectivity index (χ1v) is 7.75. The summed E-state index contributed by atoms with van der Waals surface area (Å²) in [6, 6.07) is 7.61. The molecular formula is C15H24BrN3. The van der Waals surface area contributed by atoms with E-state index in [-0.39, 0.29) is 0 Å². The second-order valence-corrected chi connectivity index (χ2v) is 6.45. The fraction of sp³-hybridized carbons (Fsp3) is 0.600. The molecule has 1 aromatic rings. The van der Waals surface area contributed by atoms with Crippen LogP contribution in [0, 0.1) is 6.92 Å². The molecule has 2 N–H and O–H groups in total. The van der Waals surface area contributed by atoms with Crippen LogP contribution in [0.25, 0.3) is 0 Å². The summed E-state index contributed by atoms with van der Waals surface area (Å²) in [6.07, 6.45) is 1.18. The lowest BCUT2D eigenvalue weighted by Crippen LogP contribution is -2.45. The molecule has 0 amide bonds. The minimum atomic E-state index is 0.393. The largest absolute Gasteiger partial charge is 0.366 e. The Morgan fingerprint density at radius 1 is 1.42 bits per heavy atom. The Bertz CT molecular complexity index is 435. The van der Waals surface area contributed by atoms with Crippen molar-refractivity contribution < 1.29 is 0 Å². The second kappa shape index (κ2) is 6.25. The number of hydrogen-bond donors (Lipinski definition) is 1. The van der Waals surface area contributed by atoms with Crippen molar-refractivity contribution in [3.8, 4) is 0 Å². The van der Waals surface area contributed by atoms with E-state index in [2.05, 4.69) is 64.8 Å². The molecule has 19 heavy (non-hydrogen) atoms. The topological polar surface area (TPSA) is 32.5 Å². The van der Waals surface area contributed by atoms with Gasteiger partial charge in [0.25, 0.3) is 0 Å². The van der Waals surface area contributed by atoms with E-state index >= 15 is 0 Å². The summed E-state index contributed by atoms with van der Waals surface area (Å²) in [4.78, 5) is 4.88. The quantitative estimate of drug-likeness (QED) is 0.907. The number of hydrogen-bond acceptors (Lipinski definition) is 3. The van der Waals surface area contributed by atoms with Gasteiger partial charge in [0.1, 0.15) is 0 Å². The van der Waals surface area contributed by atoms with E-state index in [9.17, 15) is 0 Å². The van der Waals surface area contributed by atoms with Crippen LogP contribution in [-0.4, -0.2) is 43.7 Å². The summed E-state index contributed by atoms with van der Waals surface area (Å²) >= 11 is 3.63. The van der Waals surface area contributed by atoms with Crippen LogP contribution >= 0.6 is 15.9 Å². The van der Waals surface area contributed by atoms with Crippen LogP contribution in [0.1, 0.15) is 18.9 Å². The van der Waals surface area contributed by atoms with Gasteiger partial charge in [-0.15, -0.1) is 0 Å². The molecule has 1 heterocycles. The van der Waals surface area contributed by atoms with Crippen molar-refractivity contribution in [3.05, 3.63) is 28.2 Å². The zero-order valence-corrected chi connectivity index (χ0v) is 13.7. The van der Waals surface area contributed by atoms with Crippen molar-refractivity contribution in [1.82, 2.24) is 4.90 Å². The third-order valence-electron chi connectivity index (χ3n) is 4.24. The van der Waals surface area contributed by atoms with E-state index in [0.717, 1.165) is 13.1 Å². The Hall–Kier alpha value is -0.580. The molecule has 3 nitrogen and oxygen atoms in total. The van der Waals surface area contributed by atoms with Gasteiger partial charge in [-0.25, -0.2) is 0 Å². The van der Waals surface area contributed by atoms with E-state index in [1.165, 1.54) is 22.1 Å². The van der Waals surface area contributed by atoms with Crippen molar-refractivity contribution in [2.24, 2.45) is 5.73 Å². The Balaban J connectivity index is 2.27. The minimum Gasteiger partial charge on any atom is -0.366 e. The molecule has 0 aromatic heterocycles. The lowest BCUT2D eigenvalue weighted by atomic mass is 10.1. The van der Waals surface area contributed by atoms with Gasteiger partial charge in [0.2, 0.25) is 0 Å². The molecule has 1 aliphatic rings. The first-order chi connectivity index (χ1) is 9.02. The van der Waals surface area contributed by atoms with Crippen LogP contribution in [0.3, 0.4) is 0 Å². The number of benzene rings is 1. The van der Waals surface area contributed by atoms with E-state index in [4.69, 9.17) is 5.73 Å². The maximum atomic E-state index is 6.00. The van der Waals surface area contributed by atoms with E-state index in [1.807, 2.05) is 0 Å². The number of anilines is 1. The average Bonchev–Trinajstić information content (AvgIpc) is 2.53. The van der Waals surface area contributed by atoms with Crippen LogP contribution in [-0.2, 0) is 0 Å². The average molecular weight is 326 g/mol. The molecule has 1 fully saturated rings. The first kappa shape index (κ1) is 14.8. The van der Waals surface area contributed by atoms with Gasteiger partial charge in [-0.3, -0.25) is 0 Å². The Labute approximate surface area is 124 Å². The summed E-state index contributed by atoms with van der Waals surface area (Å²) in [5.74, 6) is 0. The Kier molecular flexibility index (Phi) is 4.87. The minimum absolute atomic E-state index is 0.393. The molecule has 0 spiro atoms. The lowest BCUT2D eigenvalue weighted by Gasteiger charge is -2.32. The first-order valence-electron chi connectivity index (χ1n) is 6.96. The number of nitrogens with zero attached hydrogens (tertiary/aromatic N) is 2. The van der Waals surface area contributed by atoms with Gasteiger partial charge in [-0.05, 0) is 45.0 Å². The fourth-order valence-corrected chi connectivity index (χ4v) is 3.01. The molecule has 106 valence electrons. The van der Waals surface area contributed by atoms with Crippen molar-refractivity contribution in [3.63, 3.8) is 0 Å². The van der Waals surface area contributed by atoms with Crippen molar-refractivity contribution >= 4 is 21.6 Å². The summed E-state index contributed by atoms with van der Waals surface area (Å²) in [6.45, 7) is 7.21. The van der Waals surface area contributed by atoms with Gasteiger partial charge in [-0.2, -0.15) is 0 Å². The molecule has 2 rings (SSSR count). The molecule has 2 unspecified atom stereocenters. The standard InChI is InChI=1S/C15H24BrN3/c1-11-4-5-13(8-15(11)16)19-7-6-12(2)18(3)10-14(19)9-17/h4-5,8,12,14H,6-7,9-10,17H2,1-3H3. The monoisotopic (exact) mass is 325 g/mol. The fourth-order valence-electron chi connectivity index (χ4n) is 2.64. The smallest absolute Gasteiger partial charge is 0.0539 e. The highest BCUT2D eigenvalue weighted by Crippen LogP contribution is 2.27. The van der Waals surface area contributed by atoms with Crippen molar-refractivity contribution in [1.29, 1.82) is 0 Å². The molecular weight excluding hydrogens is 302 g/mol. The number of halogens is 1. The predicted octanol–water partition coefficient (Wildman–Crippen LogP) is 2.62. The number of rotatable bonds is 2. The predicted molar refractivity (Wildman–Crippen MR) is 85.8 cm³/mol. The van der Waals surface area contributed by atoms with Crippen molar-refractivity contribution in [2.75, 3.05) is 31.6 Å². The van der Waals surface area contributed by atoms with Crippen LogP contribution in [0.15, 0.2) is 22.7 Å². The molecule has 0 bridgehead atoms. The molecule has 2 atom stereocenters. The van der Waals surface area contributed by atoms with Crippen LogP contribution in [0.4, 0.5) is 5.69 Å². The van der Waals surface area contributed by atoms with Gasteiger partial charge in [-0.1, -0.05) is 22.0 Å². The third kappa shape index (κ3) is 3.30. The van der Waals surface area contributed by atoms with Gasteiger partial charge in [0.15, 0.2) is 0 Å². The van der Waals surface area contributed by atoms with Gasteiger partial charge < -0.3 is 15.5 Å². The number of nitrogens with two attached hydrogens (primary N) is 1. The molecule has 1 aliphatic heterocycles. The van der Waals surface area contributed by atoms with Crippen LogP contribution < -0.4 is 10.6 Å². The summed E-state index contributed by atoms with van der Waals surface area (Å²) in [5.41, 5.74) is 8.54. The SMILES string of the molecule is Cc1ccc(N2CCC(C)N(C)CC2CN)cc1Br. The summed E-state index contributed by atoms with van der Waals surface area (Å²) < 4.78 is 1.17. The highest BCUT2D eigenvalue weighted by Gasteiger charge is 2.26. The van der Waals surface area contributed by atoms with Gasteiger partial charge >= 0.3 is 0 Å². The van der Waals surface area contributed by atoms with E-state index < -0.39 is 0 Å². The van der Waals surface area contributed by atoms with Crippen LogP contribution in [0.2, 0.25) is 0 Å². The molecule has 0 aliphatic carbocycles. The number of aryl methyl sites for hydroxylation is 1. The molecule has 0 saturated carbocycles. The van der Waals surface area contributed by atoms with Gasteiger partial charge in [0.05, 0.1) is 6.04 Å². The zero-order valence-electron chi connectivity index (χ0n) is 12.1. The van der Waals surface area contributed by atoms with E-state index in [0.29, 0.717) is 18.6 Å². The maximum absolute atomic E-state index is 6.00. The summed E-state index contributed by atoms with van der Waals surface area (Å²) in [5, 5.41) is 0. The molecule has 0 radical (unpaired) electrons. The Morgan fingerprint density at radius 3 is 2.79 bits per heavy atom. The van der Waals surface area contributed by atoms with Crippen LogP contribution in [0.5, 0.6) is 0 Å². The van der Waals surface area contributed by atoms with Gasteiger partial charge in [0, 0.05) is 35.8 Å². The highest BCUT2D eigenvalue weighted by atomic mass is 79.9. The third-order valence-corrected chi connectivity index (χ3v) is 5.09.